The first-order valence-corrected chi connectivity index (χ1v) is 12.0. The number of unbranched alkanes of at least 4 members (excludes halogenated alkanes) is 9. The lowest BCUT2D eigenvalue weighted by molar-refractivity contribution is 0.0450. The number of carbonyl (C=O) groups excluding carboxylic acids is 2. The molecule has 0 N–H and O–H groups in total. The molecule has 0 aromatic heterocycles. The molecule has 0 fully saturated rings. The predicted octanol–water partition coefficient (Wildman–Crippen LogP) is 7.36. The van der Waals surface area contributed by atoms with Gasteiger partial charge in [-0.25, -0.2) is 9.59 Å². The molecule has 0 aliphatic rings. The van der Waals surface area contributed by atoms with Gasteiger partial charge in [-0.2, -0.15) is 0 Å². The van der Waals surface area contributed by atoms with Gasteiger partial charge in [0, 0.05) is 0 Å². The maximum absolute atomic E-state index is 12.4. The molecule has 1 aromatic carbocycles. The van der Waals surface area contributed by atoms with Crippen molar-refractivity contribution in [2.75, 3.05) is 13.2 Å². The molecule has 0 saturated carbocycles. The first-order valence-electron chi connectivity index (χ1n) is 12.0. The second-order valence-corrected chi connectivity index (χ2v) is 8.54. The van der Waals surface area contributed by atoms with Gasteiger partial charge in [0.2, 0.25) is 0 Å². The minimum absolute atomic E-state index is 0.290. The largest absolute Gasteiger partial charge is 0.462 e. The highest BCUT2D eigenvalue weighted by Crippen LogP contribution is 2.14. The van der Waals surface area contributed by atoms with Gasteiger partial charge in [0.15, 0.2) is 0 Å². The first-order chi connectivity index (χ1) is 14.6. The Morgan fingerprint density at radius 3 is 1.60 bits per heavy atom. The minimum Gasteiger partial charge on any atom is -0.462 e. The molecule has 1 rings (SSSR count). The Labute approximate surface area is 183 Å². The summed E-state index contributed by atoms with van der Waals surface area (Å²) < 4.78 is 10.8. The van der Waals surface area contributed by atoms with Gasteiger partial charge in [-0.05, 0) is 37.3 Å². The predicted molar refractivity (Wildman–Crippen MR) is 123 cm³/mol. The summed E-state index contributed by atoms with van der Waals surface area (Å²) in [6.07, 6.45) is 14.0. The van der Waals surface area contributed by atoms with Crippen LogP contribution in [0, 0.1) is 5.92 Å². The van der Waals surface area contributed by atoms with Crippen LogP contribution in [0.1, 0.15) is 119 Å². The lowest BCUT2D eigenvalue weighted by Crippen LogP contribution is -2.15. The van der Waals surface area contributed by atoms with Crippen molar-refractivity contribution in [2.24, 2.45) is 5.92 Å². The number of ether oxygens (including phenoxy) is 2. The molecule has 0 amide bonds. The molecule has 0 unspecified atom stereocenters. The number of esters is 2. The van der Waals surface area contributed by atoms with Gasteiger partial charge >= 0.3 is 11.9 Å². The van der Waals surface area contributed by atoms with E-state index in [-0.39, 0.29) is 0 Å². The summed E-state index contributed by atoms with van der Waals surface area (Å²) in [5.41, 5.74) is 0.582. The molecular formula is C26H42O4. The Hall–Kier alpha value is -1.84. The van der Waals surface area contributed by atoms with Crippen molar-refractivity contribution in [1.29, 1.82) is 0 Å². The molecule has 0 heterocycles. The average molecular weight is 419 g/mol. The molecule has 30 heavy (non-hydrogen) atoms. The molecule has 0 bridgehead atoms. The minimum atomic E-state index is -0.449. The zero-order chi connectivity index (χ0) is 22.0. The van der Waals surface area contributed by atoms with Crippen molar-refractivity contribution in [3.63, 3.8) is 0 Å². The SMILES string of the molecule is CCCCCCCCCCCOC(=O)c1ccccc1C(=O)OCCCCC(C)C. The van der Waals surface area contributed by atoms with Crippen molar-refractivity contribution in [1.82, 2.24) is 0 Å². The van der Waals surface area contributed by atoms with Crippen LogP contribution in [-0.2, 0) is 9.47 Å². The topological polar surface area (TPSA) is 52.6 Å². The van der Waals surface area contributed by atoms with Crippen LogP contribution >= 0.6 is 0 Å². The van der Waals surface area contributed by atoms with Gasteiger partial charge in [0.05, 0.1) is 24.3 Å². The van der Waals surface area contributed by atoms with Crippen LogP contribution in [0.2, 0.25) is 0 Å². The fraction of sp³-hybridized carbons (Fsp3) is 0.692. The normalized spacial score (nSPS) is 10.9. The Balaban J connectivity index is 2.28. The molecule has 0 saturated heterocycles. The third-order valence-corrected chi connectivity index (χ3v) is 5.26. The van der Waals surface area contributed by atoms with Crippen molar-refractivity contribution in [3.8, 4) is 0 Å². The number of hydrogen-bond acceptors (Lipinski definition) is 4. The van der Waals surface area contributed by atoms with Crippen molar-refractivity contribution >= 4 is 11.9 Å². The molecule has 0 aliphatic heterocycles. The molecule has 0 radical (unpaired) electrons. The van der Waals surface area contributed by atoms with E-state index < -0.39 is 11.9 Å². The van der Waals surface area contributed by atoms with Crippen LogP contribution in [0.5, 0.6) is 0 Å². The van der Waals surface area contributed by atoms with E-state index in [1.165, 1.54) is 44.9 Å². The lowest BCUT2D eigenvalue weighted by Gasteiger charge is -2.10. The van der Waals surface area contributed by atoms with E-state index in [1.807, 2.05) is 0 Å². The maximum atomic E-state index is 12.4. The van der Waals surface area contributed by atoms with E-state index in [9.17, 15) is 9.59 Å². The van der Waals surface area contributed by atoms with Crippen LogP contribution < -0.4 is 0 Å². The zero-order valence-corrected chi connectivity index (χ0v) is 19.4. The Bertz CT molecular complexity index is 594. The maximum Gasteiger partial charge on any atom is 0.339 e. The number of rotatable bonds is 17. The standard InChI is InChI=1S/C26H42O4/c1-4-5-6-7-8-9-10-11-15-20-29-25(27)23-18-12-13-19-24(23)26(28)30-21-16-14-17-22(2)3/h12-13,18-19,22H,4-11,14-17,20-21H2,1-3H3. The smallest absolute Gasteiger partial charge is 0.339 e. The first kappa shape index (κ1) is 26.2. The van der Waals surface area contributed by atoms with Crippen LogP contribution in [-0.4, -0.2) is 25.2 Å². The Morgan fingerprint density at radius 1 is 0.700 bits per heavy atom. The summed E-state index contributed by atoms with van der Waals surface area (Å²) in [7, 11) is 0. The van der Waals surface area contributed by atoms with Gasteiger partial charge in [-0.1, -0.05) is 90.7 Å². The van der Waals surface area contributed by atoms with Crippen LogP contribution in [0.4, 0.5) is 0 Å². The highest BCUT2D eigenvalue weighted by Gasteiger charge is 2.18. The van der Waals surface area contributed by atoms with E-state index in [0.29, 0.717) is 30.3 Å². The molecule has 170 valence electrons. The van der Waals surface area contributed by atoms with E-state index in [4.69, 9.17) is 9.47 Å². The van der Waals surface area contributed by atoms with E-state index >= 15 is 0 Å². The zero-order valence-electron chi connectivity index (χ0n) is 19.4. The summed E-state index contributed by atoms with van der Waals surface area (Å²) in [5, 5.41) is 0. The van der Waals surface area contributed by atoms with Crippen molar-refractivity contribution < 1.29 is 19.1 Å². The summed E-state index contributed by atoms with van der Waals surface area (Å²) in [5.74, 6) is -0.237. The van der Waals surface area contributed by atoms with E-state index in [2.05, 4.69) is 20.8 Å². The van der Waals surface area contributed by atoms with Crippen LogP contribution in [0.15, 0.2) is 24.3 Å². The number of hydrogen-bond donors (Lipinski definition) is 0. The Kier molecular flexibility index (Phi) is 14.8. The summed E-state index contributed by atoms with van der Waals surface area (Å²) in [6.45, 7) is 7.38. The molecule has 1 aromatic rings. The van der Waals surface area contributed by atoms with Crippen molar-refractivity contribution in [3.05, 3.63) is 35.4 Å². The molecule has 4 nitrogen and oxygen atoms in total. The fourth-order valence-corrected chi connectivity index (χ4v) is 3.39. The second kappa shape index (κ2) is 16.9. The van der Waals surface area contributed by atoms with Gasteiger partial charge < -0.3 is 9.47 Å². The van der Waals surface area contributed by atoms with Gasteiger partial charge in [-0.15, -0.1) is 0 Å². The summed E-state index contributed by atoms with van der Waals surface area (Å²) in [6, 6.07) is 6.75. The third kappa shape index (κ3) is 12.0. The summed E-state index contributed by atoms with van der Waals surface area (Å²) in [4.78, 5) is 24.8. The Morgan fingerprint density at radius 2 is 1.13 bits per heavy atom. The highest BCUT2D eigenvalue weighted by molar-refractivity contribution is 6.03. The molecule has 4 heteroatoms. The second-order valence-electron chi connectivity index (χ2n) is 8.54. The van der Waals surface area contributed by atoms with Crippen LogP contribution in [0.25, 0.3) is 0 Å². The van der Waals surface area contributed by atoms with Crippen LogP contribution in [0.3, 0.4) is 0 Å². The number of benzene rings is 1. The monoisotopic (exact) mass is 418 g/mol. The lowest BCUT2D eigenvalue weighted by atomic mass is 10.1. The van der Waals surface area contributed by atoms with Gasteiger partial charge in [0.25, 0.3) is 0 Å². The quantitative estimate of drug-likeness (QED) is 0.196. The molecular weight excluding hydrogens is 376 g/mol. The van der Waals surface area contributed by atoms with Crippen molar-refractivity contribution in [2.45, 2.75) is 97.8 Å². The molecule has 0 aliphatic carbocycles. The molecule has 0 atom stereocenters. The molecule has 0 spiro atoms. The van der Waals surface area contributed by atoms with E-state index in [0.717, 1.165) is 32.1 Å². The van der Waals surface area contributed by atoms with E-state index in [1.54, 1.807) is 24.3 Å². The average Bonchev–Trinajstić information content (AvgIpc) is 2.74. The van der Waals surface area contributed by atoms with Gasteiger partial charge in [-0.3, -0.25) is 0 Å². The number of carbonyl (C=O) groups is 2. The highest BCUT2D eigenvalue weighted by atomic mass is 16.5. The summed E-state index contributed by atoms with van der Waals surface area (Å²) >= 11 is 0. The third-order valence-electron chi connectivity index (χ3n) is 5.26. The van der Waals surface area contributed by atoms with Gasteiger partial charge in [0.1, 0.15) is 0 Å². The fourth-order valence-electron chi connectivity index (χ4n) is 3.39.